The van der Waals surface area contributed by atoms with Gasteiger partial charge in [0, 0.05) is 17.3 Å². The number of nitrogens with zero attached hydrogens (tertiary/aromatic N) is 2. The number of carbonyl (C=O) groups is 1. The van der Waals surface area contributed by atoms with Crippen LogP contribution in [0.5, 0.6) is 5.75 Å². The number of phenolic OH excluding ortho intramolecular Hbond substituents is 1. The number of aromatic hydroxyl groups is 1. The zero-order valence-corrected chi connectivity index (χ0v) is 12.4. The highest BCUT2D eigenvalue weighted by Crippen LogP contribution is 2.25. The van der Waals surface area contributed by atoms with Crippen LogP contribution >= 0.6 is 0 Å². The number of H-pyrrole nitrogens is 1. The summed E-state index contributed by atoms with van der Waals surface area (Å²) in [6.45, 7) is 0. The van der Waals surface area contributed by atoms with Gasteiger partial charge in [-0.25, -0.2) is 4.79 Å². The van der Waals surface area contributed by atoms with Crippen LogP contribution < -0.4 is 11.1 Å². The first kappa shape index (κ1) is 15.9. The predicted octanol–water partition coefficient (Wildman–Crippen LogP) is 1.90. The molecule has 0 aliphatic rings. The third kappa shape index (κ3) is 3.37. The number of nitro groups is 1. The van der Waals surface area contributed by atoms with E-state index in [0.717, 1.165) is 18.2 Å². The Labute approximate surface area is 138 Å². The van der Waals surface area contributed by atoms with Gasteiger partial charge >= 0.3 is 5.76 Å². The van der Waals surface area contributed by atoms with Gasteiger partial charge in [0.1, 0.15) is 5.75 Å². The van der Waals surface area contributed by atoms with E-state index in [1.165, 1.54) is 0 Å². The monoisotopic (exact) mass is 342 g/mol. The fourth-order valence-corrected chi connectivity index (χ4v) is 2.09. The molecule has 0 fully saturated rings. The van der Waals surface area contributed by atoms with Gasteiger partial charge in [0.2, 0.25) is 0 Å². The summed E-state index contributed by atoms with van der Waals surface area (Å²) in [7, 11) is 0. The third-order valence-corrected chi connectivity index (χ3v) is 3.29. The molecule has 0 atom stereocenters. The molecule has 1 aromatic heterocycles. The van der Waals surface area contributed by atoms with Crippen LogP contribution in [0.25, 0.3) is 11.4 Å². The minimum absolute atomic E-state index is 0.101. The molecular weight excluding hydrogens is 332 g/mol. The number of carbonyl (C=O) groups excluding carboxylic acids is 1. The minimum atomic E-state index is -0.680. The molecule has 1 amide bonds. The Hall–Kier alpha value is -3.95. The van der Waals surface area contributed by atoms with Crippen LogP contribution in [-0.2, 0) is 0 Å². The summed E-state index contributed by atoms with van der Waals surface area (Å²) in [5.41, 5.74) is 0.565. The number of phenols is 1. The van der Waals surface area contributed by atoms with E-state index < -0.39 is 22.3 Å². The highest BCUT2D eigenvalue weighted by Gasteiger charge is 2.16. The molecule has 10 nitrogen and oxygen atoms in total. The van der Waals surface area contributed by atoms with Crippen molar-refractivity contribution in [3.05, 3.63) is 68.7 Å². The van der Waals surface area contributed by atoms with E-state index >= 15 is 0 Å². The van der Waals surface area contributed by atoms with Gasteiger partial charge in [-0.1, -0.05) is 5.16 Å². The lowest BCUT2D eigenvalue weighted by Crippen LogP contribution is -2.12. The van der Waals surface area contributed by atoms with Gasteiger partial charge in [0.05, 0.1) is 16.6 Å². The first-order chi connectivity index (χ1) is 11.9. The molecule has 126 valence electrons. The van der Waals surface area contributed by atoms with Crippen molar-refractivity contribution in [2.75, 3.05) is 5.32 Å². The number of nitro benzene ring substituents is 1. The van der Waals surface area contributed by atoms with Crippen molar-refractivity contribution in [3.8, 4) is 17.1 Å². The second kappa shape index (κ2) is 6.28. The quantitative estimate of drug-likeness (QED) is 0.483. The summed E-state index contributed by atoms with van der Waals surface area (Å²) in [4.78, 5) is 35.4. The largest absolute Gasteiger partial charge is 0.507 e. The number of nitrogens with one attached hydrogen (secondary N) is 2. The third-order valence-electron chi connectivity index (χ3n) is 3.29. The summed E-state index contributed by atoms with van der Waals surface area (Å²) < 4.78 is 4.40. The standard InChI is InChI=1S/C15H10N4O6/c20-12-7-10(19(23)24)5-6-11(12)14(21)16-9-3-1-8(2-4-9)13-17-15(22)25-18-13/h1-7,20H,(H,16,21)(H,17,18,22). The Morgan fingerprint density at radius 2 is 1.96 bits per heavy atom. The normalized spacial score (nSPS) is 10.4. The maximum Gasteiger partial charge on any atom is 0.439 e. The first-order valence-corrected chi connectivity index (χ1v) is 6.89. The number of non-ortho nitro benzene ring substituents is 1. The van der Waals surface area contributed by atoms with Gasteiger partial charge in [0.15, 0.2) is 5.82 Å². The molecule has 0 unspecified atom stereocenters. The smallest absolute Gasteiger partial charge is 0.439 e. The van der Waals surface area contributed by atoms with Crippen LogP contribution in [0, 0.1) is 10.1 Å². The number of benzene rings is 2. The molecule has 10 heteroatoms. The average molecular weight is 342 g/mol. The van der Waals surface area contributed by atoms with Gasteiger partial charge in [-0.3, -0.25) is 24.4 Å². The second-order valence-corrected chi connectivity index (χ2v) is 4.93. The number of anilines is 1. The van der Waals surface area contributed by atoms with Crippen molar-refractivity contribution in [2.24, 2.45) is 0 Å². The van der Waals surface area contributed by atoms with E-state index in [0.29, 0.717) is 11.3 Å². The van der Waals surface area contributed by atoms with Gasteiger partial charge in [0.25, 0.3) is 11.6 Å². The fraction of sp³-hybridized carbons (Fsp3) is 0. The Morgan fingerprint density at radius 3 is 2.52 bits per heavy atom. The van der Waals surface area contributed by atoms with Gasteiger partial charge in [-0.2, -0.15) is 0 Å². The van der Waals surface area contributed by atoms with Gasteiger partial charge in [-0.15, -0.1) is 0 Å². The highest BCUT2D eigenvalue weighted by molar-refractivity contribution is 6.06. The topological polar surface area (TPSA) is 151 Å². The minimum Gasteiger partial charge on any atom is -0.507 e. The molecule has 0 aliphatic carbocycles. The Bertz CT molecular complexity index is 1010. The number of hydrogen-bond donors (Lipinski definition) is 3. The van der Waals surface area contributed by atoms with Crippen LogP contribution in [0.1, 0.15) is 10.4 Å². The van der Waals surface area contributed by atoms with Crippen molar-refractivity contribution in [2.45, 2.75) is 0 Å². The predicted molar refractivity (Wildman–Crippen MR) is 85.3 cm³/mol. The molecule has 3 N–H and O–H groups in total. The van der Waals surface area contributed by atoms with Crippen LogP contribution in [0.3, 0.4) is 0 Å². The fourth-order valence-electron chi connectivity index (χ4n) is 2.09. The van der Waals surface area contributed by atoms with Crippen molar-refractivity contribution in [1.29, 1.82) is 0 Å². The first-order valence-electron chi connectivity index (χ1n) is 6.89. The van der Waals surface area contributed by atoms with E-state index in [1.54, 1.807) is 24.3 Å². The Kier molecular flexibility index (Phi) is 4.00. The number of hydrogen-bond acceptors (Lipinski definition) is 7. The van der Waals surface area contributed by atoms with Crippen molar-refractivity contribution in [3.63, 3.8) is 0 Å². The molecule has 3 aromatic rings. The van der Waals surface area contributed by atoms with Crippen LogP contribution in [0.15, 0.2) is 51.8 Å². The number of aromatic nitrogens is 2. The molecule has 3 rings (SSSR count). The molecule has 0 bridgehead atoms. The summed E-state index contributed by atoms with van der Waals surface area (Å²) in [6, 6.07) is 9.50. The molecule has 1 heterocycles. The lowest BCUT2D eigenvalue weighted by molar-refractivity contribution is -0.384. The summed E-state index contributed by atoms with van der Waals surface area (Å²) >= 11 is 0. The number of amides is 1. The maximum atomic E-state index is 12.2. The van der Waals surface area contributed by atoms with E-state index in [-0.39, 0.29) is 17.1 Å². The van der Waals surface area contributed by atoms with Crippen molar-refractivity contribution in [1.82, 2.24) is 10.1 Å². The molecule has 2 aromatic carbocycles. The maximum absolute atomic E-state index is 12.2. The zero-order valence-electron chi connectivity index (χ0n) is 12.4. The van der Waals surface area contributed by atoms with E-state index in [4.69, 9.17) is 0 Å². The molecule has 0 radical (unpaired) electrons. The zero-order chi connectivity index (χ0) is 18.0. The van der Waals surface area contributed by atoms with E-state index in [1.807, 2.05) is 0 Å². The van der Waals surface area contributed by atoms with Crippen molar-refractivity contribution < 1.29 is 19.3 Å². The lowest BCUT2D eigenvalue weighted by atomic mass is 10.1. The Balaban J connectivity index is 1.77. The molecular formula is C15H10N4O6. The Morgan fingerprint density at radius 1 is 1.24 bits per heavy atom. The van der Waals surface area contributed by atoms with Crippen molar-refractivity contribution >= 4 is 17.3 Å². The van der Waals surface area contributed by atoms with Gasteiger partial charge < -0.3 is 10.4 Å². The second-order valence-electron chi connectivity index (χ2n) is 4.93. The molecule has 25 heavy (non-hydrogen) atoms. The van der Waals surface area contributed by atoms with Crippen LogP contribution in [0.4, 0.5) is 11.4 Å². The van der Waals surface area contributed by atoms with E-state index in [9.17, 15) is 24.8 Å². The van der Waals surface area contributed by atoms with Crippen LogP contribution in [0.2, 0.25) is 0 Å². The summed E-state index contributed by atoms with van der Waals surface area (Å²) in [5, 5.41) is 26.5. The SMILES string of the molecule is O=C(Nc1ccc(-c2noc(=O)[nH]2)cc1)c1ccc([N+](=O)[O-])cc1O. The van der Waals surface area contributed by atoms with Gasteiger partial charge in [-0.05, 0) is 30.3 Å². The highest BCUT2D eigenvalue weighted by atomic mass is 16.6. The van der Waals surface area contributed by atoms with E-state index in [2.05, 4.69) is 20.0 Å². The molecule has 0 saturated carbocycles. The molecule has 0 saturated heterocycles. The lowest BCUT2D eigenvalue weighted by Gasteiger charge is -2.07. The molecule has 0 aliphatic heterocycles. The molecule has 0 spiro atoms. The number of aromatic amines is 1. The average Bonchev–Trinajstić information content (AvgIpc) is 3.01. The summed E-state index contributed by atoms with van der Waals surface area (Å²) in [5.74, 6) is -1.56. The number of rotatable bonds is 4. The van der Waals surface area contributed by atoms with Crippen LogP contribution in [-0.4, -0.2) is 26.1 Å². The summed E-state index contributed by atoms with van der Waals surface area (Å²) in [6.07, 6.45) is 0.